The van der Waals surface area contributed by atoms with Crippen LogP contribution in [0.25, 0.3) is 10.9 Å². The van der Waals surface area contributed by atoms with Crippen molar-refractivity contribution >= 4 is 32.7 Å². The third kappa shape index (κ3) is 3.64. The summed E-state index contributed by atoms with van der Waals surface area (Å²) in [6, 6.07) is 10.6. The van der Waals surface area contributed by atoms with E-state index in [0.717, 1.165) is 61.4 Å². The minimum atomic E-state index is -4.07. The number of benzene rings is 1. The SMILES string of the molecule is Cc1ccc2c(S(=O)(=O)NC(=O)C3(c4cc(C5CC5)cnc4N4CCCC4)CC3)cccc2n1. The van der Waals surface area contributed by atoms with Crippen LogP contribution in [0, 0.1) is 6.92 Å². The lowest BCUT2D eigenvalue weighted by Crippen LogP contribution is -2.40. The molecule has 7 nitrogen and oxygen atoms in total. The Labute approximate surface area is 199 Å². The standard InChI is InChI=1S/C26H28N4O3S/c1-17-7-10-20-22(28-17)5-4-6-23(20)34(32,33)29-25(31)26(11-12-26)21-15-19(18-8-9-18)16-27-24(21)30-13-2-3-14-30/h4-7,10,15-16,18H,2-3,8-9,11-14H2,1H3,(H,29,31). The molecule has 176 valence electrons. The molecule has 1 aromatic carbocycles. The van der Waals surface area contributed by atoms with E-state index in [1.54, 1.807) is 24.3 Å². The third-order valence-electron chi connectivity index (χ3n) is 7.39. The normalized spacial score (nSPS) is 19.4. The lowest BCUT2D eigenvalue weighted by Gasteiger charge is -2.25. The number of hydrogen-bond donors (Lipinski definition) is 1. The first kappa shape index (κ1) is 21.5. The molecule has 0 bridgehead atoms. The topological polar surface area (TPSA) is 92.3 Å². The number of rotatable bonds is 6. The third-order valence-corrected chi connectivity index (χ3v) is 8.78. The fraction of sp³-hybridized carbons (Fsp3) is 0.423. The average Bonchev–Trinajstić information content (AvgIpc) is 3.76. The lowest BCUT2D eigenvalue weighted by atomic mass is 9.93. The van der Waals surface area contributed by atoms with Crippen molar-refractivity contribution in [1.29, 1.82) is 0 Å². The van der Waals surface area contributed by atoms with E-state index in [0.29, 0.717) is 29.7 Å². The van der Waals surface area contributed by atoms with Crippen LogP contribution in [-0.4, -0.2) is 37.4 Å². The molecule has 0 radical (unpaired) electrons. The zero-order valence-corrected chi connectivity index (χ0v) is 20.1. The van der Waals surface area contributed by atoms with Crippen molar-refractivity contribution in [3.8, 4) is 0 Å². The quantitative estimate of drug-likeness (QED) is 0.579. The number of sulfonamides is 1. The number of carbonyl (C=O) groups excluding carboxylic acids is 1. The van der Waals surface area contributed by atoms with Crippen LogP contribution in [0.3, 0.4) is 0 Å². The van der Waals surface area contributed by atoms with Crippen molar-refractivity contribution < 1.29 is 13.2 Å². The molecule has 2 saturated carbocycles. The molecule has 1 amide bonds. The summed E-state index contributed by atoms with van der Waals surface area (Å²) < 4.78 is 29.2. The number of fused-ring (bicyclic) bond motifs is 1. The van der Waals surface area contributed by atoms with Gasteiger partial charge in [-0.15, -0.1) is 0 Å². The van der Waals surface area contributed by atoms with Gasteiger partial charge in [-0.05, 0) is 87.3 Å². The van der Waals surface area contributed by atoms with Crippen LogP contribution in [0.5, 0.6) is 0 Å². The first-order chi connectivity index (χ1) is 16.4. The van der Waals surface area contributed by atoms with Crippen molar-refractivity contribution in [2.24, 2.45) is 0 Å². The van der Waals surface area contributed by atoms with E-state index in [-0.39, 0.29) is 4.90 Å². The molecule has 2 aliphatic carbocycles. The summed E-state index contributed by atoms with van der Waals surface area (Å²) in [5, 5.41) is 0.508. The van der Waals surface area contributed by atoms with Gasteiger partial charge in [0.1, 0.15) is 5.82 Å². The van der Waals surface area contributed by atoms with E-state index in [9.17, 15) is 13.2 Å². The van der Waals surface area contributed by atoms with E-state index in [2.05, 4.69) is 20.7 Å². The highest BCUT2D eigenvalue weighted by atomic mass is 32.2. The minimum Gasteiger partial charge on any atom is -0.356 e. The maximum atomic E-state index is 13.6. The van der Waals surface area contributed by atoms with Crippen LogP contribution in [0.15, 0.2) is 47.5 Å². The predicted octanol–water partition coefficient (Wildman–Crippen LogP) is 3.95. The number of hydrogen-bond acceptors (Lipinski definition) is 6. The largest absolute Gasteiger partial charge is 0.356 e. The van der Waals surface area contributed by atoms with Crippen LogP contribution >= 0.6 is 0 Å². The zero-order chi connectivity index (χ0) is 23.5. The Morgan fingerprint density at radius 2 is 1.88 bits per heavy atom. The molecule has 0 unspecified atom stereocenters. The highest BCUT2D eigenvalue weighted by Gasteiger charge is 2.54. The Morgan fingerprint density at radius 3 is 2.59 bits per heavy atom. The molecule has 3 aromatic rings. The van der Waals surface area contributed by atoms with Crippen LogP contribution < -0.4 is 9.62 Å². The van der Waals surface area contributed by atoms with Gasteiger partial charge in [0.25, 0.3) is 10.0 Å². The van der Waals surface area contributed by atoms with Gasteiger partial charge in [-0.1, -0.05) is 6.07 Å². The summed E-state index contributed by atoms with van der Waals surface area (Å²) in [4.78, 5) is 25.2. The van der Waals surface area contributed by atoms with Gasteiger partial charge in [-0.2, -0.15) is 0 Å². The first-order valence-electron chi connectivity index (χ1n) is 12.1. The molecule has 2 aromatic heterocycles. The number of nitrogens with zero attached hydrogens (tertiary/aromatic N) is 3. The average molecular weight is 477 g/mol. The van der Waals surface area contributed by atoms with E-state index in [4.69, 9.17) is 4.98 Å². The Bertz CT molecular complexity index is 1400. The maximum Gasteiger partial charge on any atom is 0.264 e. The molecule has 0 spiro atoms. The highest BCUT2D eigenvalue weighted by Crippen LogP contribution is 2.53. The molecule has 34 heavy (non-hydrogen) atoms. The molecule has 8 heteroatoms. The zero-order valence-electron chi connectivity index (χ0n) is 19.3. The number of aromatic nitrogens is 2. The second kappa shape index (κ2) is 7.77. The van der Waals surface area contributed by atoms with E-state index >= 15 is 0 Å². The smallest absolute Gasteiger partial charge is 0.264 e. The van der Waals surface area contributed by atoms with E-state index in [1.165, 1.54) is 6.07 Å². The van der Waals surface area contributed by atoms with Gasteiger partial charge in [0.15, 0.2) is 0 Å². The van der Waals surface area contributed by atoms with Gasteiger partial charge in [-0.3, -0.25) is 9.78 Å². The number of aryl methyl sites for hydroxylation is 1. The Kier molecular flexibility index (Phi) is 4.92. The van der Waals surface area contributed by atoms with Gasteiger partial charge in [-0.25, -0.2) is 18.1 Å². The Hall–Kier alpha value is -3.00. The van der Waals surface area contributed by atoms with Gasteiger partial charge in [0, 0.05) is 35.9 Å². The number of nitrogens with one attached hydrogen (secondary N) is 1. The summed E-state index contributed by atoms with van der Waals surface area (Å²) >= 11 is 0. The van der Waals surface area contributed by atoms with Crippen LogP contribution in [0.4, 0.5) is 5.82 Å². The first-order valence-corrected chi connectivity index (χ1v) is 13.5. The molecule has 6 rings (SSSR count). The van der Waals surface area contributed by atoms with Crippen LogP contribution in [0.1, 0.15) is 61.3 Å². The molecule has 3 fully saturated rings. The van der Waals surface area contributed by atoms with E-state index in [1.807, 2.05) is 13.1 Å². The number of anilines is 1. The Morgan fingerprint density at radius 1 is 1.12 bits per heavy atom. The van der Waals surface area contributed by atoms with Gasteiger partial charge in [0.2, 0.25) is 5.91 Å². The molecule has 3 heterocycles. The monoisotopic (exact) mass is 476 g/mol. The van der Waals surface area contributed by atoms with Crippen molar-refractivity contribution in [2.75, 3.05) is 18.0 Å². The van der Waals surface area contributed by atoms with Crippen LogP contribution in [-0.2, 0) is 20.2 Å². The fourth-order valence-electron chi connectivity index (χ4n) is 5.13. The molecular weight excluding hydrogens is 448 g/mol. The van der Waals surface area contributed by atoms with Crippen molar-refractivity contribution in [1.82, 2.24) is 14.7 Å². The Balaban J connectivity index is 1.36. The number of amides is 1. The van der Waals surface area contributed by atoms with Crippen molar-refractivity contribution in [2.45, 2.75) is 61.7 Å². The second-order valence-corrected chi connectivity index (χ2v) is 11.6. The summed E-state index contributed by atoms with van der Waals surface area (Å²) in [5.74, 6) is 0.893. The fourth-order valence-corrected chi connectivity index (χ4v) is 6.40. The minimum absolute atomic E-state index is 0.0753. The number of carbonyl (C=O) groups is 1. The molecule has 1 saturated heterocycles. The van der Waals surface area contributed by atoms with Crippen molar-refractivity contribution in [3.63, 3.8) is 0 Å². The molecular formula is C26H28N4O3S. The summed E-state index contributed by atoms with van der Waals surface area (Å²) in [5.41, 5.74) is 2.61. The van der Waals surface area contributed by atoms with Gasteiger partial charge >= 0.3 is 0 Å². The predicted molar refractivity (Wildman–Crippen MR) is 130 cm³/mol. The molecule has 3 aliphatic rings. The second-order valence-electron chi connectivity index (χ2n) is 9.90. The van der Waals surface area contributed by atoms with E-state index < -0.39 is 21.3 Å². The van der Waals surface area contributed by atoms with Gasteiger partial charge < -0.3 is 4.90 Å². The van der Waals surface area contributed by atoms with Crippen LogP contribution in [0.2, 0.25) is 0 Å². The lowest BCUT2D eigenvalue weighted by molar-refractivity contribution is -0.121. The maximum absolute atomic E-state index is 13.6. The number of pyridine rings is 2. The summed E-state index contributed by atoms with van der Waals surface area (Å²) in [6.07, 6.45) is 7.70. The van der Waals surface area contributed by atoms with Crippen molar-refractivity contribution in [3.05, 3.63) is 59.4 Å². The summed E-state index contributed by atoms with van der Waals surface area (Å²) in [7, 11) is -4.07. The highest BCUT2D eigenvalue weighted by molar-refractivity contribution is 7.90. The molecule has 1 N–H and O–H groups in total. The molecule has 0 atom stereocenters. The van der Waals surface area contributed by atoms with Gasteiger partial charge in [0.05, 0.1) is 15.8 Å². The molecule has 1 aliphatic heterocycles. The summed E-state index contributed by atoms with van der Waals surface area (Å²) in [6.45, 7) is 3.70.